The summed E-state index contributed by atoms with van der Waals surface area (Å²) in [6, 6.07) is 13.7. The van der Waals surface area contributed by atoms with E-state index in [1.54, 1.807) is 0 Å². The van der Waals surface area contributed by atoms with E-state index in [1.807, 2.05) is 49.4 Å². The fraction of sp³-hybridized carbons (Fsp3) is 0.133. The van der Waals surface area contributed by atoms with E-state index in [9.17, 15) is 0 Å². The molecule has 0 amide bonds. The highest BCUT2D eigenvalue weighted by atomic mass is 35.5. The van der Waals surface area contributed by atoms with Crippen LogP contribution in [-0.4, -0.2) is 4.99 Å². The maximum atomic E-state index is 5.97. The van der Waals surface area contributed by atoms with Crippen molar-refractivity contribution >= 4 is 34.5 Å². The van der Waals surface area contributed by atoms with Crippen LogP contribution < -0.4 is 11.1 Å². The number of para-hydroxylation sites is 1. The highest BCUT2D eigenvalue weighted by Crippen LogP contribution is 2.21. The second-order valence-electron chi connectivity index (χ2n) is 4.35. The van der Waals surface area contributed by atoms with Gasteiger partial charge in [0, 0.05) is 22.8 Å². The first kappa shape index (κ1) is 13.8. The summed E-state index contributed by atoms with van der Waals surface area (Å²) in [6.45, 7) is 2.71. The normalized spacial score (nSPS) is 10.2. The number of anilines is 1. The largest absolute Gasteiger partial charge is 0.389 e. The number of thiocarbonyl (C=S) groups is 1. The van der Waals surface area contributed by atoms with Crippen LogP contribution in [0.3, 0.4) is 0 Å². The van der Waals surface area contributed by atoms with Crippen molar-refractivity contribution < 1.29 is 0 Å². The summed E-state index contributed by atoms with van der Waals surface area (Å²) in [5.74, 6) is 0. The molecular formula is C15H15ClN2S. The summed E-state index contributed by atoms with van der Waals surface area (Å²) in [5.41, 5.74) is 9.83. The van der Waals surface area contributed by atoms with Gasteiger partial charge >= 0.3 is 0 Å². The van der Waals surface area contributed by atoms with Crippen LogP contribution in [0.1, 0.15) is 16.7 Å². The molecule has 0 bridgehead atoms. The number of hydrogen-bond acceptors (Lipinski definition) is 2. The quantitative estimate of drug-likeness (QED) is 0.839. The zero-order chi connectivity index (χ0) is 13.8. The Bertz CT molecular complexity index is 611. The van der Waals surface area contributed by atoms with Gasteiger partial charge in [-0.25, -0.2) is 0 Å². The minimum Gasteiger partial charge on any atom is -0.389 e. The van der Waals surface area contributed by atoms with Crippen LogP contribution in [0.5, 0.6) is 0 Å². The van der Waals surface area contributed by atoms with Crippen molar-refractivity contribution in [1.29, 1.82) is 0 Å². The summed E-state index contributed by atoms with van der Waals surface area (Å²) in [6.07, 6.45) is 0. The van der Waals surface area contributed by atoms with Crippen molar-refractivity contribution in [2.75, 3.05) is 5.32 Å². The van der Waals surface area contributed by atoms with Crippen LogP contribution in [0, 0.1) is 6.92 Å². The molecule has 2 aromatic rings. The van der Waals surface area contributed by atoms with Gasteiger partial charge in [-0.15, -0.1) is 0 Å². The second-order valence-corrected chi connectivity index (χ2v) is 5.22. The van der Waals surface area contributed by atoms with Crippen LogP contribution in [0.4, 0.5) is 5.69 Å². The van der Waals surface area contributed by atoms with Crippen molar-refractivity contribution in [3.05, 3.63) is 64.2 Å². The number of aryl methyl sites for hydroxylation is 1. The van der Waals surface area contributed by atoms with Crippen LogP contribution in [0.25, 0.3) is 0 Å². The Hall–Kier alpha value is -1.58. The van der Waals surface area contributed by atoms with Crippen molar-refractivity contribution in [3.63, 3.8) is 0 Å². The standard InChI is InChI=1S/C15H15ClN2S/c1-10-4-2-7-13(15(17)19)14(10)18-9-11-5-3-6-12(16)8-11/h2-8,18H,9H2,1H3,(H2,17,19). The third-order valence-electron chi connectivity index (χ3n) is 2.90. The first-order valence-electron chi connectivity index (χ1n) is 5.95. The highest BCUT2D eigenvalue weighted by molar-refractivity contribution is 7.80. The van der Waals surface area contributed by atoms with Crippen molar-refractivity contribution in [1.82, 2.24) is 0 Å². The minimum absolute atomic E-state index is 0.400. The molecule has 0 aliphatic carbocycles. The average molecular weight is 291 g/mol. The smallest absolute Gasteiger partial charge is 0.106 e. The molecule has 98 valence electrons. The Morgan fingerprint density at radius 2 is 2.00 bits per heavy atom. The number of nitrogens with one attached hydrogen (secondary N) is 1. The van der Waals surface area contributed by atoms with Gasteiger partial charge < -0.3 is 11.1 Å². The van der Waals surface area contributed by atoms with Crippen LogP contribution in [0.2, 0.25) is 5.02 Å². The van der Waals surface area contributed by atoms with Gasteiger partial charge in [-0.2, -0.15) is 0 Å². The van der Waals surface area contributed by atoms with Crippen molar-refractivity contribution in [2.45, 2.75) is 13.5 Å². The van der Waals surface area contributed by atoms with E-state index >= 15 is 0 Å². The Morgan fingerprint density at radius 3 is 2.68 bits per heavy atom. The summed E-state index contributed by atoms with van der Waals surface area (Å²) >= 11 is 11.0. The molecule has 2 aromatic carbocycles. The van der Waals surface area contributed by atoms with E-state index in [-0.39, 0.29) is 0 Å². The van der Waals surface area contributed by atoms with E-state index in [2.05, 4.69) is 5.32 Å². The number of nitrogens with two attached hydrogens (primary N) is 1. The van der Waals surface area contributed by atoms with Gasteiger partial charge in [-0.3, -0.25) is 0 Å². The molecule has 0 atom stereocenters. The molecule has 19 heavy (non-hydrogen) atoms. The molecule has 2 rings (SSSR count). The Labute approximate surface area is 123 Å². The summed E-state index contributed by atoms with van der Waals surface area (Å²) in [4.78, 5) is 0.400. The second kappa shape index (κ2) is 6.04. The van der Waals surface area contributed by atoms with Gasteiger partial charge in [-0.05, 0) is 36.2 Å². The predicted molar refractivity (Wildman–Crippen MR) is 85.8 cm³/mol. The van der Waals surface area contributed by atoms with E-state index in [1.165, 1.54) is 0 Å². The lowest BCUT2D eigenvalue weighted by molar-refractivity contribution is 1.14. The molecule has 0 heterocycles. The molecule has 0 aromatic heterocycles. The fourth-order valence-electron chi connectivity index (χ4n) is 1.95. The Balaban J connectivity index is 2.22. The SMILES string of the molecule is Cc1cccc(C(N)=S)c1NCc1cccc(Cl)c1. The third-order valence-corrected chi connectivity index (χ3v) is 3.35. The minimum atomic E-state index is 0.400. The molecule has 0 unspecified atom stereocenters. The number of halogens is 1. The molecule has 0 aliphatic rings. The first-order valence-corrected chi connectivity index (χ1v) is 6.74. The predicted octanol–water partition coefficient (Wildman–Crippen LogP) is 3.89. The van der Waals surface area contributed by atoms with Crippen LogP contribution in [0.15, 0.2) is 42.5 Å². The lowest BCUT2D eigenvalue weighted by Gasteiger charge is -2.14. The van der Waals surface area contributed by atoms with E-state index < -0.39 is 0 Å². The monoisotopic (exact) mass is 290 g/mol. The summed E-state index contributed by atoms with van der Waals surface area (Å²) < 4.78 is 0. The van der Waals surface area contributed by atoms with Gasteiger partial charge in [0.2, 0.25) is 0 Å². The number of rotatable bonds is 4. The number of benzene rings is 2. The fourth-order valence-corrected chi connectivity index (χ4v) is 2.33. The maximum absolute atomic E-state index is 5.97. The Morgan fingerprint density at radius 1 is 1.26 bits per heavy atom. The molecule has 0 radical (unpaired) electrons. The molecule has 4 heteroatoms. The molecule has 0 fully saturated rings. The third kappa shape index (κ3) is 3.46. The van der Waals surface area contributed by atoms with Crippen LogP contribution in [-0.2, 0) is 6.54 Å². The molecule has 0 spiro atoms. The van der Waals surface area contributed by atoms with E-state index in [0.29, 0.717) is 11.5 Å². The topological polar surface area (TPSA) is 38.0 Å². The summed E-state index contributed by atoms with van der Waals surface area (Å²) in [5, 5.41) is 4.12. The van der Waals surface area contributed by atoms with Gasteiger partial charge in [0.05, 0.1) is 0 Å². The Kier molecular flexibility index (Phi) is 4.40. The van der Waals surface area contributed by atoms with Crippen LogP contribution >= 0.6 is 23.8 Å². The number of hydrogen-bond donors (Lipinski definition) is 2. The van der Waals surface area contributed by atoms with Crippen molar-refractivity contribution in [2.24, 2.45) is 5.73 Å². The zero-order valence-electron chi connectivity index (χ0n) is 10.6. The molecule has 2 nitrogen and oxygen atoms in total. The molecule has 0 saturated heterocycles. The summed E-state index contributed by atoms with van der Waals surface area (Å²) in [7, 11) is 0. The van der Waals surface area contributed by atoms with Crippen molar-refractivity contribution in [3.8, 4) is 0 Å². The molecule has 0 saturated carbocycles. The lowest BCUT2D eigenvalue weighted by Crippen LogP contribution is -2.14. The zero-order valence-corrected chi connectivity index (χ0v) is 12.2. The van der Waals surface area contributed by atoms with Gasteiger partial charge in [0.15, 0.2) is 0 Å². The highest BCUT2D eigenvalue weighted by Gasteiger charge is 2.07. The van der Waals surface area contributed by atoms with Gasteiger partial charge in [0.25, 0.3) is 0 Å². The molecule has 0 aliphatic heterocycles. The van der Waals surface area contributed by atoms with E-state index in [0.717, 1.165) is 27.4 Å². The first-order chi connectivity index (χ1) is 9.08. The maximum Gasteiger partial charge on any atom is 0.106 e. The lowest BCUT2D eigenvalue weighted by atomic mass is 10.1. The van der Waals surface area contributed by atoms with Gasteiger partial charge in [0.1, 0.15) is 4.99 Å². The van der Waals surface area contributed by atoms with Gasteiger partial charge in [-0.1, -0.05) is 48.1 Å². The molecule has 3 N–H and O–H groups in total. The molecular weight excluding hydrogens is 276 g/mol. The van der Waals surface area contributed by atoms with E-state index in [4.69, 9.17) is 29.6 Å². The average Bonchev–Trinajstić information content (AvgIpc) is 2.37.